The maximum atomic E-state index is 10.8. The van der Waals surface area contributed by atoms with E-state index in [1.54, 1.807) is 6.92 Å². The van der Waals surface area contributed by atoms with Crippen molar-refractivity contribution >= 4 is 5.78 Å². The van der Waals surface area contributed by atoms with E-state index >= 15 is 0 Å². The molecule has 0 aliphatic carbocycles. The molecule has 0 aliphatic rings. The summed E-state index contributed by atoms with van der Waals surface area (Å²) in [5.41, 5.74) is 6.98. The van der Waals surface area contributed by atoms with Gasteiger partial charge < -0.3 is 5.73 Å². The van der Waals surface area contributed by atoms with Gasteiger partial charge in [0.25, 0.3) is 0 Å². The van der Waals surface area contributed by atoms with E-state index < -0.39 is 0 Å². The molecule has 0 bridgehead atoms. The Morgan fingerprint density at radius 2 is 2.00 bits per heavy atom. The van der Waals surface area contributed by atoms with Crippen molar-refractivity contribution in [1.29, 1.82) is 0 Å². The zero-order valence-corrected chi connectivity index (χ0v) is 7.86. The third kappa shape index (κ3) is 3.85. The number of ketones is 1. The Balaban J connectivity index is 2.45. The monoisotopic (exact) mass is 177 g/mol. The molecule has 1 unspecified atom stereocenters. The molecule has 0 saturated heterocycles. The zero-order chi connectivity index (χ0) is 9.68. The molecule has 0 aliphatic heterocycles. The lowest BCUT2D eigenvalue weighted by Crippen LogP contribution is -2.25. The maximum Gasteiger partial charge on any atom is 0.131 e. The average molecular weight is 177 g/mol. The van der Waals surface area contributed by atoms with Gasteiger partial charge in [0.15, 0.2) is 0 Å². The molecule has 70 valence electrons. The van der Waals surface area contributed by atoms with E-state index in [-0.39, 0.29) is 11.8 Å². The third-order valence-corrected chi connectivity index (χ3v) is 1.89. The van der Waals surface area contributed by atoms with Crippen LogP contribution < -0.4 is 5.73 Å². The first-order valence-electron chi connectivity index (χ1n) is 4.47. The van der Waals surface area contributed by atoms with Crippen LogP contribution in [0.3, 0.4) is 0 Å². The maximum absolute atomic E-state index is 10.8. The summed E-state index contributed by atoms with van der Waals surface area (Å²) < 4.78 is 0. The lowest BCUT2D eigenvalue weighted by Gasteiger charge is -2.08. The smallest absolute Gasteiger partial charge is 0.131 e. The van der Waals surface area contributed by atoms with Gasteiger partial charge in [0, 0.05) is 12.5 Å². The van der Waals surface area contributed by atoms with Gasteiger partial charge in [-0.15, -0.1) is 0 Å². The lowest BCUT2D eigenvalue weighted by atomic mass is 10.0. The minimum atomic E-state index is -0.0418. The molecule has 0 heterocycles. The minimum absolute atomic E-state index is 0.0418. The van der Waals surface area contributed by atoms with Crippen LogP contribution in [0.5, 0.6) is 0 Å². The third-order valence-electron chi connectivity index (χ3n) is 1.89. The summed E-state index contributed by atoms with van der Waals surface area (Å²) in [4.78, 5) is 10.8. The second kappa shape index (κ2) is 4.77. The zero-order valence-electron chi connectivity index (χ0n) is 7.86. The first-order valence-corrected chi connectivity index (χ1v) is 4.47. The second-order valence-corrected chi connectivity index (χ2v) is 3.36. The number of benzene rings is 1. The van der Waals surface area contributed by atoms with Crippen LogP contribution in [-0.4, -0.2) is 11.8 Å². The van der Waals surface area contributed by atoms with E-state index in [0.29, 0.717) is 6.42 Å². The van der Waals surface area contributed by atoms with Crippen LogP contribution >= 0.6 is 0 Å². The number of Topliss-reactive ketones (excluding diaryl/α,β-unsaturated/α-hetero) is 1. The summed E-state index contributed by atoms with van der Waals surface area (Å²) in [6.45, 7) is 1.57. The molecule has 0 amide bonds. The molecule has 1 atom stereocenters. The van der Waals surface area contributed by atoms with Crippen LogP contribution in [0.2, 0.25) is 0 Å². The SMILES string of the molecule is CC(=O)CC(N)Cc1ccccc1. The summed E-state index contributed by atoms with van der Waals surface area (Å²) in [5.74, 6) is 0.156. The second-order valence-electron chi connectivity index (χ2n) is 3.36. The molecule has 1 aromatic carbocycles. The van der Waals surface area contributed by atoms with Crippen molar-refractivity contribution in [3.05, 3.63) is 35.9 Å². The largest absolute Gasteiger partial charge is 0.327 e. The van der Waals surface area contributed by atoms with Gasteiger partial charge in [-0.2, -0.15) is 0 Å². The molecule has 1 aromatic rings. The molecular weight excluding hydrogens is 162 g/mol. The topological polar surface area (TPSA) is 43.1 Å². The number of hydrogen-bond acceptors (Lipinski definition) is 2. The molecular formula is C11H15NO. The summed E-state index contributed by atoms with van der Waals surface area (Å²) in [6, 6.07) is 9.95. The van der Waals surface area contributed by atoms with Gasteiger partial charge in [-0.1, -0.05) is 30.3 Å². The number of carbonyl (C=O) groups is 1. The molecule has 2 nitrogen and oxygen atoms in total. The Bertz CT molecular complexity index is 269. The quantitative estimate of drug-likeness (QED) is 0.758. The van der Waals surface area contributed by atoms with Gasteiger partial charge in [0.05, 0.1) is 0 Å². The van der Waals surface area contributed by atoms with Crippen molar-refractivity contribution in [1.82, 2.24) is 0 Å². The van der Waals surface area contributed by atoms with Crippen molar-refractivity contribution in [2.75, 3.05) is 0 Å². The Morgan fingerprint density at radius 1 is 1.38 bits per heavy atom. The van der Waals surface area contributed by atoms with Crippen molar-refractivity contribution in [2.45, 2.75) is 25.8 Å². The highest BCUT2D eigenvalue weighted by molar-refractivity contribution is 5.76. The molecule has 1 rings (SSSR count). The van der Waals surface area contributed by atoms with Crippen LogP contribution in [0.15, 0.2) is 30.3 Å². The van der Waals surface area contributed by atoms with E-state index in [1.165, 1.54) is 5.56 Å². The van der Waals surface area contributed by atoms with Gasteiger partial charge >= 0.3 is 0 Å². The van der Waals surface area contributed by atoms with Crippen molar-refractivity contribution in [3.8, 4) is 0 Å². The van der Waals surface area contributed by atoms with Crippen molar-refractivity contribution in [3.63, 3.8) is 0 Å². The predicted molar refractivity (Wildman–Crippen MR) is 53.4 cm³/mol. The Kier molecular flexibility index (Phi) is 3.65. The fourth-order valence-electron chi connectivity index (χ4n) is 1.36. The number of carbonyl (C=O) groups excluding carboxylic acids is 1. The Hall–Kier alpha value is -1.15. The molecule has 0 saturated carbocycles. The van der Waals surface area contributed by atoms with Crippen LogP contribution in [0.1, 0.15) is 18.9 Å². The predicted octanol–water partition coefficient (Wildman–Crippen LogP) is 1.54. The Morgan fingerprint density at radius 3 is 2.54 bits per heavy atom. The van der Waals surface area contributed by atoms with E-state index in [2.05, 4.69) is 0 Å². The van der Waals surface area contributed by atoms with Gasteiger partial charge in [-0.05, 0) is 18.9 Å². The lowest BCUT2D eigenvalue weighted by molar-refractivity contribution is -0.117. The highest BCUT2D eigenvalue weighted by Crippen LogP contribution is 2.03. The summed E-state index contributed by atoms with van der Waals surface area (Å²) in [7, 11) is 0. The van der Waals surface area contributed by atoms with Crippen molar-refractivity contribution < 1.29 is 4.79 Å². The van der Waals surface area contributed by atoms with E-state index in [1.807, 2.05) is 30.3 Å². The van der Waals surface area contributed by atoms with E-state index in [9.17, 15) is 4.79 Å². The number of nitrogens with two attached hydrogens (primary N) is 1. The van der Waals surface area contributed by atoms with Gasteiger partial charge in [0.2, 0.25) is 0 Å². The molecule has 0 aromatic heterocycles. The molecule has 0 radical (unpaired) electrons. The standard InChI is InChI=1S/C11H15NO/c1-9(13)7-11(12)8-10-5-3-2-4-6-10/h2-6,11H,7-8,12H2,1H3. The summed E-state index contributed by atoms with van der Waals surface area (Å²) in [6.07, 6.45) is 1.25. The van der Waals surface area contributed by atoms with E-state index in [0.717, 1.165) is 6.42 Å². The average Bonchev–Trinajstić information content (AvgIpc) is 2.04. The first-order chi connectivity index (χ1) is 6.18. The summed E-state index contributed by atoms with van der Waals surface area (Å²) >= 11 is 0. The highest BCUT2D eigenvalue weighted by atomic mass is 16.1. The van der Waals surface area contributed by atoms with Gasteiger partial charge in [-0.3, -0.25) is 4.79 Å². The summed E-state index contributed by atoms with van der Waals surface area (Å²) in [5, 5.41) is 0. The first kappa shape index (κ1) is 9.93. The van der Waals surface area contributed by atoms with E-state index in [4.69, 9.17) is 5.73 Å². The molecule has 13 heavy (non-hydrogen) atoms. The van der Waals surface area contributed by atoms with Crippen LogP contribution in [-0.2, 0) is 11.2 Å². The fraction of sp³-hybridized carbons (Fsp3) is 0.364. The van der Waals surface area contributed by atoms with Crippen LogP contribution in [0, 0.1) is 0 Å². The number of rotatable bonds is 4. The van der Waals surface area contributed by atoms with Crippen LogP contribution in [0.25, 0.3) is 0 Å². The highest BCUT2D eigenvalue weighted by Gasteiger charge is 2.05. The van der Waals surface area contributed by atoms with Gasteiger partial charge in [0.1, 0.15) is 5.78 Å². The molecule has 0 spiro atoms. The van der Waals surface area contributed by atoms with Crippen LogP contribution in [0.4, 0.5) is 0 Å². The fourth-order valence-corrected chi connectivity index (χ4v) is 1.36. The normalized spacial score (nSPS) is 12.5. The van der Waals surface area contributed by atoms with Gasteiger partial charge in [-0.25, -0.2) is 0 Å². The number of hydrogen-bond donors (Lipinski definition) is 1. The molecule has 2 heteroatoms. The molecule has 2 N–H and O–H groups in total. The Labute approximate surface area is 78.8 Å². The van der Waals surface area contributed by atoms with Crippen molar-refractivity contribution in [2.24, 2.45) is 5.73 Å². The minimum Gasteiger partial charge on any atom is -0.327 e. The molecule has 0 fully saturated rings.